The lowest BCUT2D eigenvalue weighted by molar-refractivity contribution is 0.0715. The number of nitrogen functional groups attached to an aromatic ring is 1. The third kappa shape index (κ3) is 3.21. The van der Waals surface area contributed by atoms with Gasteiger partial charge in [-0.05, 0) is 24.6 Å². The van der Waals surface area contributed by atoms with Crippen molar-refractivity contribution in [1.82, 2.24) is 9.88 Å². The van der Waals surface area contributed by atoms with Gasteiger partial charge in [-0.25, -0.2) is 4.98 Å². The van der Waals surface area contributed by atoms with Gasteiger partial charge in [0.2, 0.25) is 0 Å². The number of para-hydroxylation sites is 1. The van der Waals surface area contributed by atoms with E-state index in [1.807, 2.05) is 18.2 Å². The number of amides is 1. The molecule has 2 N–H and O–H groups in total. The first-order valence-corrected chi connectivity index (χ1v) is 7.49. The molecule has 1 aromatic carbocycles. The predicted molar refractivity (Wildman–Crippen MR) is 86.5 cm³/mol. The highest BCUT2D eigenvalue weighted by Crippen LogP contribution is 2.33. The van der Waals surface area contributed by atoms with Gasteiger partial charge in [-0.2, -0.15) is 0 Å². The zero-order chi connectivity index (χ0) is 16.2. The van der Waals surface area contributed by atoms with Gasteiger partial charge >= 0.3 is 0 Å². The van der Waals surface area contributed by atoms with Crippen molar-refractivity contribution >= 4 is 11.7 Å². The van der Waals surface area contributed by atoms with Crippen LogP contribution in [0.15, 0.2) is 36.4 Å². The number of nitrogens with zero attached hydrogens (tertiary/aromatic N) is 2. The predicted octanol–water partition coefficient (Wildman–Crippen LogP) is 2.10. The maximum atomic E-state index is 12.7. The van der Waals surface area contributed by atoms with E-state index in [2.05, 4.69) is 4.98 Å². The van der Waals surface area contributed by atoms with E-state index in [0.29, 0.717) is 42.7 Å². The van der Waals surface area contributed by atoms with E-state index in [-0.39, 0.29) is 5.91 Å². The Morgan fingerprint density at radius 1 is 1.30 bits per heavy atom. The van der Waals surface area contributed by atoms with Crippen molar-refractivity contribution in [1.29, 1.82) is 0 Å². The Kier molecular flexibility index (Phi) is 4.32. The molecule has 3 rings (SSSR count). The Morgan fingerprint density at radius 3 is 2.91 bits per heavy atom. The van der Waals surface area contributed by atoms with Crippen LogP contribution in [-0.4, -0.2) is 36.1 Å². The van der Waals surface area contributed by atoms with Crippen molar-refractivity contribution in [3.63, 3.8) is 0 Å². The summed E-state index contributed by atoms with van der Waals surface area (Å²) in [5.74, 6) is 1.59. The third-order valence-electron chi connectivity index (χ3n) is 3.74. The fourth-order valence-corrected chi connectivity index (χ4v) is 2.63. The highest BCUT2D eigenvalue weighted by molar-refractivity contribution is 5.92. The van der Waals surface area contributed by atoms with Gasteiger partial charge in [0.05, 0.1) is 13.7 Å². The Morgan fingerprint density at radius 2 is 2.13 bits per heavy atom. The number of hydrogen-bond acceptors (Lipinski definition) is 5. The molecule has 0 unspecified atom stereocenters. The van der Waals surface area contributed by atoms with Crippen molar-refractivity contribution in [3.8, 4) is 11.5 Å². The molecule has 0 saturated carbocycles. The summed E-state index contributed by atoms with van der Waals surface area (Å²) >= 11 is 0. The molecule has 0 atom stereocenters. The summed E-state index contributed by atoms with van der Waals surface area (Å²) in [7, 11) is 1.61. The second-order valence-corrected chi connectivity index (χ2v) is 5.32. The number of methoxy groups -OCH3 is 1. The van der Waals surface area contributed by atoms with Crippen LogP contribution in [0.4, 0.5) is 5.82 Å². The highest BCUT2D eigenvalue weighted by Gasteiger charge is 2.22. The Balaban J connectivity index is 1.90. The molecular weight excluding hydrogens is 294 g/mol. The number of anilines is 1. The van der Waals surface area contributed by atoms with Crippen LogP contribution < -0.4 is 15.2 Å². The van der Waals surface area contributed by atoms with E-state index >= 15 is 0 Å². The molecule has 0 saturated heterocycles. The highest BCUT2D eigenvalue weighted by atomic mass is 16.5. The van der Waals surface area contributed by atoms with E-state index in [1.54, 1.807) is 30.2 Å². The lowest BCUT2D eigenvalue weighted by atomic mass is 10.1. The number of nitrogens with two attached hydrogens (primary N) is 1. The van der Waals surface area contributed by atoms with Crippen LogP contribution in [0.3, 0.4) is 0 Å². The molecule has 6 nitrogen and oxygen atoms in total. The van der Waals surface area contributed by atoms with Crippen molar-refractivity contribution in [2.24, 2.45) is 0 Å². The molecule has 120 valence electrons. The minimum atomic E-state index is -0.132. The first-order chi connectivity index (χ1) is 11.2. The zero-order valence-electron chi connectivity index (χ0n) is 13.0. The van der Waals surface area contributed by atoms with E-state index < -0.39 is 0 Å². The number of carbonyl (C=O) groups is 1. The molecule has 1 amide bonds. The van der Waals surface area contributed by atoms with Crippen LogP contribution in [0.2, 0.25) is 0 Å². The molecule has 2 heterocycles. The van der Waals surface area contributed by atoms with Crippen LogP contribution in [0.1, 0.15) is 22.5 Å². The summed E-state index contributed by atoms with van der Waals surface area (Å²) < 4.78 is 11.2. The smallest absolute Gasteiger partial charge is 0.272 e. The number of hydrogen-bond donors (Lipinski definition) is 1. The van der Waals surface area contributed by atoms with Gasteiger partial charge in [0, 0.05) is 18.7 Å². The average molecular weight is 313 g/mol. The second kappa shape index (κ2) is 6.56. The normalized spacial score (nSPS) is 14.2. The summed E-state index contributed by atoms with van der Waals surface area (Å²) in [5, 5.41) is 0. The summed E-state index contributed by atoms with van der Waals surface area (Å²) in [6.45, 7) is 1.58. The first kappa shape index (κ1) is 15.1. The lowest BCUT2D eigenvalue weighted by Gasteiger charge is -2.27. The molecule has 23 heavy (non-hydrogen) atoms. The van der Waals surface area contributed by atoms with Crippen LogP contribution in [0.25, 0.3) is 0 Å². The van der Waals surface area contributed by atoms with Gasteiger partial charge in [0.15, 0.2) is 11.5 Å². The molecule has 1 aromatic heterocycles. The Hall–Kier alpha value is -2.76. The third-order valence-corrected chi connectivity index (χ3v) is 3.74. The van der Waals surface area contributed by atoms with Gasteiger partial charge in [0.1, 0.15) is 11.5 Å². The van der Waals surface area contributed by atoms with Gasteiger partial charge in [-0.1, -0.05) is 18.2 Å². The van der Waals surface area contributed by atoms with E-state index in [4.69, 9.17) is 15.2 Å². The topological polar surface area (TPSA) is 77.7 Å². The molecule has 2 aromatic rings. The number of benzene rings is 1. The molecule has 1 aliphatic heterocycles. The molecule has 0 radical (unpaired) electrons. The monoisotopic (exact) mass is 313 g/mol. The maximum absolute atomic E-state index is 12.7. The minimum absolute atomic E-state index is 0.132. The van der Waals surface area contributed by atoms with Crippen molar-refractivity contribution in [2.45, 2.75) is 13.0 Å². The van der Waals surface area contributed by atoms with Gasteiger partial charge in [-0.3, -0.25) is 4.79 Å². The maximum Gasteiger partial charge on any atom is 0.272 e. The first-order valence-electron chi connectivity index (χ1n) is 7.49. The number of fused-ring (bicyclic) bond motifs is 1. The van der Waals surface area contributed by atoms with E-state index in [9.17, 15) is 4.79 Å². The van der Waals surface area contributed by atoms with Crippen LogP contribution >= 0.6 is 0 Å². The largest absolute Gasteiger partial charge is 0.493 e. The number of pyridine rings is 1. The molecule has 1 aliphatic rings. The van der Waals surface area contributed by atoms with Crippen LogP contribution in [0.5, 0.6) is 11.5 Å². The quantitative estimate of drug-likeness (QED) is 0.918. The summed E-state index contributed by atoms with van der Waals surface area (Å²) in [6, 6.07) is 10.8. The summed E-state index contributed by atoms with van der Waals surface area (Å²) in [6.07, 6.45) is 0.742. The van der Waals surface area contributed by atoms with E-state index in [1.165, 1.54) is 0 Å². The number of aromatic nitrogens is 1. The fourth-order valence-electron chi connectivity index (χ4n) is 2.63. The standard InChI is InChI=1S/C17H19N3O3/c1-22-14-7-2-5-12-11-20(9-4-10-23-16(12)14)17(21)13-6-3-8-15(18)19-13/h2-3,5-8H,4,9-11H2,1H3,(H2,18,19). The van der Waals surface area contributed by atoms with E-state index in [0.717, 1.165) is 12.0 Å². The molecule has 0 fully saturated rings. The molecule has 0 bridgehead atoms. The molecule has 0 spiro atoms. The molecule has 6 heteroatoms. The van der Waals surface area contributed by atoms with Crippen LogP contribution in [-0.2, 0) is 6.54 Å². The van der Waals surface area contributed by atoms with Crippen molar-refractivity contribution in [3.05, 3.63) is 47.7 Å². The SMILES string of the molecule is COc1cccc2c1OCCCN(C(=O)c1cccc(N)n1)C2. The van der Waals surface area contributed by atoms with Crippen LogP contribution in [0, 0.1) is 0 Å². The Labute approximate surface area is 134 Å². The lowest BCUT2D eigenvalue weighted by Crippen LogP contribution is -2.34. The van der Waals surface area contributed by atoms with Crippen molar-refractivity contribution in [2.75, 3.05) is 26.0 Å². The molecular formula is C17H19N3O3. The Bertz CT molecular complexity index is 718. The number of rotatable bonds is 2. The van der Waals surface area contributed by atoms with Gasteiger partial charge < -0.3 is 20.1 Å². The van der Waals surface area contributed by atoms with Crippen molar-refractivity contribution < 1.29 is 14.3 Å². The zero-order valence-corrected chi connectivity index (χ0v) is 13.0. The average Bonchev–Trinajstić information content (AvgIpc) is 2.54. The summed E-state index contributed by atoms with van der Waals surface area (Å²) in [5.41, 5.74) is 6.95. The molecule has 0 aliphatic carbocycles. The minimum Gasteiger partial charge on any atom is -0.493 e. The number of ether oxygens (including phenoxy) is 2. The fraction of sp³-hybridized carbons (Fsp3) is 0.294. The second-order valence-electron chi connectivity index (χ2n) is 5.32. The summed E-state index contributed by atoms with van der Waals surface area (Å²) in [4.78, 5) is 18.6. The van der Waals surface area contributed by atoms with Gasteiger partial charge in [0.25, 0.3) is 5.91 Å². The number of carbonyl (C=O) groups excluding carboxylic acids is 1. The van der Waals surface area contributed by atoms with Gasteiger partial charge in [-0.15, -0.1) is 0 Å².